The third-order valence-corrected chi connectivity index (χ3v) is 6.72. The van der Waals surface area contributed by atoms with Crippen molar-refractivity contribution in [1.82, 2.24) is 25.5 Å². The van der Waals surface area contributed by atoms with Gasteiger partial charge >= 0.3 is 6.09 Å². The molecule has 2 amide bonds. The van der Waals surface area contributed by atoms with Gasteiger partial charge in [-0.15, -0.1) is 0 Å². The van der Waals surface area contributed by atoms with Gasteiger partial charge in [-0.3, -0.25) is 19.8 Å². The lowest BCUT2D eigenvalue weighted by Gasteiger charge is -2.19. The lowest BCUT2D eigenvalue weighted by atomic mass is 10.1. The smallest absolute Gasteiger partial charge is 0.408 e. The largest absolute Gasteiger partial charge is 0.444 e. The predicted molar refractivity (Wildman–Crippen MR) is 138 cm³/mol. The van der Waals surface area contributed by atoms with E-state index in [-0.39, 0.29) is 23.5 Å². The van der Waals surface area contributed by atoms with Crippen LogP contribution in [-0.2, 0) is 9.53 Å². The molecular formula is C22H31ClN8O3S. The van der Waals surface area contributed by atoms with Gasteiger partial charge in [0.15, 0.2) is 5.17 Å². The number of rotatable bonds is 5. The van der Waals surface area contributed by atoms with E-state index in [1.807, 2.05) is 0 Å². The molecule has 1 aromatic heterocycles. The average Bonchev–Trinajstić information content (AvgIpc) is 3.35. The minimum absolute atomic E-state index is 0.221. The lowest BCUT2D eigenvalue weighted by Crippen LogP contribution is -2.44. The first kappa shape index (κ1) is 26.8. The zero-order valence-electron chi connectivity index (χ0n) is 20.1. The minimum atomic E-state index is -0.661. The molecule has 2 aliphatic rings. The number of nitrogens with two attached hydrogens (primary N) is 1. The van der Waals surface area contributed by atoms with Crippen LogP contribution in [0.25, 0.3) is 5.57 Å². The summed E-state index contributed by atoms with van der Waals surface area (Å²) in [5.74, 6) is -0.108. The van der Waals surface area contributed by atoms with E-state index in [9.17, 15) is 9.59 Å². The molecule has 0 radical (unpaired) electrons. The zero-order valence-corrected chi connectivity index (χ0v) is 21.7. The summed E-state index contributed by atoms with van der Waals surface area (Å²) in [6.07, 6.45) is 5.78. The van der Waals surface area contributed by atoms with Crippen molar-refractivity contribution in [1.29, 1.82) is 5.41 Å². The van der Waals surface area contributed by atoms with Gasteiger partial charge in [-0.2, -0.15) is 0 Å². The molecule has 2 heterocycles. The summed E-state index contributed by atoms with van der Waals surface area (Å²) in [7, 11) is 1.67. The number of hydrogen-bond acceptors (Lipinski definition) is 8. The van der Waals surface area contributed by atoms with Gasteiger partial charge < -0.3 is 26.4 Å². The van der Waals surface area contributed by atoms with Crippen molar-refractivity contribution in [3.05, 3.63) is 35.0 Å². The highest BCUT2D eigenvalue weighted by atomic mass is 35.5. The Balaban J connectivity index is 1.71. The van der Waals surface area contributed by atoms with Gasteiger partial charge in [0.05, 0.1) is 18.1 Å². The molecular weight excluding hydrogens is 492 g/mol. The number of ether oxygens (including phenoxy) is 1. The van der Waals surface area contributed by atoms with Gasteiger partial charge in [-0.25, -0.2) is 9.78 Å². The van der Waals surface area contributed by atoms with Gasteiger partial charge in [-0.1, -0.05) is 23.4 Å². The fourth-order valence-corrected chi connectivity index (χ4v) is 4.88. The topological polar surface area (TPSA) is 160 Å². The first-order chi connectivity index (χ1) is 16.5. The van der Waals surface area contributed by atoms with E-state index >= 15 is 0 Å². The summed E-state index contributed by atoms with van der Waals surface area (Å²) in [6, 6.07) is 0. The number of aliphatic imine (C=N–C) groups is 1. The van der Waals surface area contributed by atoms with Crippen molar-refractivity contribution in [2.75, 3.05) is 13.6 Å². The van der Waals surface area contributed by atoms with E-state index in [0.717, 1.165) is 12.0 Å². The second-order valence-corrected chi connectivity index (χ2v) is 10.6. The van der Waals surface area contributed by atoms with Crippen molar-refractivity contribution in [3.8, 4) is 0 Å². The molecule has 13 heteroatoms. The van der Waals surface area contributed by atoms with Crippen LogP contribution in [0.2, 0.25) is 0 Å². The van der Waals surface area contributed by atoms with Gasteiger partial charge in [-0.05, 0) is 51.7 Å². The number of allylic oxidation sites excluding steroid dienone is 4. The van der Waals surface area contributed by atoms with E-state index in [1.165, 1.54) is 11.8 Å². The quantitative estimate of drug-likeness (QED) is 0.293. The summed E-state index contributed by atoms with van der Waals surface area (Å²) in [5, 5.41) is 17.8. The molecule has 2 unspecified atom stereocenters. The fourth-order valence-electron chi connectivity index (χ4n) is 3.56. The highest BCUT2D eigenvalue weighted by Crippen LogP contribution is 2.33. The average molecular weight is 523 g/mol. The normalized spacial score (nSPS) is 21.8. The van der Waals surface area contributed by atoms with Crippen LogP contribution >= 0.6 is 23.4 Å². The van der Waals surface area contributed by atoms with Crippen LogP contribution in [0.15, 0.2) is 34.3 Å². The minimum Gasteiger partial charge on any atom is -0.444 e. The Kier molecular flexibility index (Phi) is 8.62. The van der Waals surface area contributed by atoms with Crippen molar-refractivity contribution < 1.29 is 14.3 Å². The number of aromatic nitrogens is 2. The number of thioether (sulfide) groups is 1. The van der Waals surface area contributed by atoms with Crippen molar-refractivity contribution in [2.45, 2.75) is 57.1 Å². The summed E-state index contributed by atoms with van der Waals surface area (Å²) in [4.78, 5) is 32.5. The van der Waals surface area contributed by atoms with Crippen LogP contribution in [0.4, 0.5) is 4.79 Å². The number of imidazole rings is 1. The van der Waals surface area contributed by atoms with Crippen molar-refractivity contribution in [2.24, 2.45) is 10.7 Å². The Morgan fingerprint density at radius 1 is 1.43 bits per heavy atom. The SMILES string of the molecule is CN=C1NC(N)C(C(=N)n2cncc2C2=C(Cl)C=C(NC(=O)CNC(=O)OC(C)(C)C)CCC2)S1. The molecule has 1 aliphatic carbocycles. The molecule has 190 valence electrons. The Labute approximate surface area is 213 Å². The molecule has 35 heavy (non-hydrogen) atoms. The number of carbonyl (C=O) groups is 2. The summed E-state index contributed by atoms with van der Waals surface area (Å²) in [6.45, 7) is 5.02. The molecule has 2 atom stereocenters. The summed E-state index contributed by atoms with van der Waals surface area (Å²) in [5.41, 5.74) is 7.67. The predicted octanol–water partition coefficient (Wildman–Crippen LogP) is 2.34. The third kappa shape index (κ3) is 7.09. The van der Waals surface area contributed by atoms with Crippen LogP contribution in [0.1, 0.15) is 45.7 Å². The maximum Gasteiger partial charge on any atom is 0.408 e. The second kappa shape index (κ2) is 11.3. The highest BCUT2D eigenvalue weighted by Gasteiger charge is 2.34. The number of amidine groups is 1. The maximum absolute atomic E-state index is 12.3. The molecule has 6 N–H and O–H groups in total. The molecule has 1 saturated heterocycles. The molecule has 0 aromatic carbocycles. The van der Waals surface area contributed by atoms with E-state index in [0.29, 0.717) is 34.4 Å². The van der Waals surface area contributed by atoms with Crippen LogP contribution in [0.5, 0.6) is 0 Å². The number of nitrogens with zero attached hydrogens (tertiary/aromatic N) is 3. The molecule has 3 rings (SSSR count). The first-order valence-corrected chi connectivity index (χ1v) is 12.4. The van der Waals surface area contributed by atoms with E-state index in [4.69, 9.17) is 27.5 Å². The van der Waals surface area contributed by atoms with Gasteiger partial charge in [0.25, 0.3) is 0 Å². The molecule has 0 spiro atoms. The van der Waals surface area contributed by atoms with E-state index < -0.39 is 17.9 Å². The van der Waals surface area contributed by atoms with E-state index in [2.05, 4.69) is 25.9 Å². The molecule has 1 aromatic rings. The summed E-state index contributed by atoms with van der Waals surface area (Å²) >= 11 is 8.05. The monoisotopic (exact) mass is 522 g/mol. The number of nitrogens with one attached hydrogen (secondary N) is 4. The number of hydrogen-bond donors (Lipinski definition) is 5. The van der Waals surface area contributed by atoms with Crippen LogP contribution in [0, 0.1) is 5.41 Å². The Hall–Kier alpha value is -2.83. The highest BCUT2D eigenvalue weighted by molar-refractivity contribution is 8.15. The van der Waals surface area contributed by atoms with Crippen LogP contribution in [-0.4, -0.2) is 63.2 Å². The number of alkyl carbamates (subject to hydrolysis) is 1. The molecule has 1 aliphatic heterocycles. The number of carbonyl (C=O) groups excluding carboxylic acids is 2. The summed E-state index contributed by atoms with van der Waals surface area (Å²) < 4.78 is 6.82. The third-order valence-electron chi connectivity index (χ3n) is 5.09. The maximum atomic E-state index is 12.3. The molecule has 0 bridgehead atoms. The molecule has 0 saturated carbocycles. The van der Waals surface area contributed by atoms with Crippen molar-refractivity contribution >= 4 is 51.9 Å². The van der Waals surface area contributed by atoms with Gasteiger partial charge in [0.1, 0.15) is 29.6 Å². The van der Waals surface area contributed by atoms with Crippen LogP contribution < -0.4 is 21.7 Å². The Morgan fingerprint density at radius 2 is 2.17 bits per heavy atom. The first-order valence-electron chi connectivity index (χ1n) is 11.1. The Bertz CT molecular complexity index is 1090. The van der Waals surface area contributed by atoms with E-state index in [1.54, 1.807) is 51.0 Å². The van der Waals surface area contributed by atoms with Crippen molar-refractivity contribution in [3.63, 3.8) is 0 Å². The zero-order chi connectivity index (χ0) is 25.8. The van der Waals surface area contributed by atoms with Gasteiger partial charge in [0, 0.05) is 17.8 Å². The molecule has 1 fully saturated rings. The standard InChI is InChI=1S/C22H31ClN8O3S/c1-22(2,3)34-21(33)28-10-16(32)29-12-6-5-7-13(14(23)8-12)15-9-27-11-31(15)19(25)17-18(24)30-20(26-4)35-17/h8-9,11,17-18,25H,5-7,10,24H2,1-4H3,(H,26,30)(H,28,33)(H,29,32). The van der Waals surface area contributed by atoms with Gasteiger partial charge in [0.2, 0.25) is 5.91 Å². The second-order valence-electron chi connectivity index (χ2n) is 9.02. The fraction of sp³-hybridized carbons (Fsp3) is 0.500. The number of halogens is 1. The molecule has 11 nitrogen and oxygen atoms in total. The number of amides is 2. The lowest BCUT2D eigenvalue weighted by molar-refractivity contribution is -0.119. The Morgan fingerprint density at radius 3 is 2.83 bits per heavy atom. The van der Waals surface area contributed by atoms with Crippen LogP contribution in [0.3, 0.4) is 0 Å².